The minimum Gasteiger partial charge on any atom is -0.437 e. The van der Waals surface area contributed by atoms with Crippen molar-refractivity contribution in [3.63, 3.8) is 0 Å². The lowest BCUT2D eigenvalue weighted by Gasteiger charge is -2.22. The molecule has 94 valence electrons. The molecule has 1 rings (SSSR count). The van der Waals surface area contributed by atoms with Gasteiger partial charge in [0, 0.05) is 13.1 Å². The van der Waals surface area contributed by atoms with Crippen LogP contribution in [-0.2, 0) is 0 Å². The topological polar surface area (TPSA) is 38.7 Å². The van der Waals surface area contributed by atoms with Crippen LogP contribution in [0, 0.1) is 0 Å². The van der Waals surface area contributed by atoms with Gasteiger partial charge < -0.3 is 20.1 Å². The van der Waals surface area contributed by atoms with E-state index in [0.717, 1.165) is 26.1 Å². The van der Waals surface area contributed by atoms with Crippen molar-refractivity contribution in [1.82, 2.24) is 15.0 Å². The normalized spacial score (nSPS) is 23.4. The summed E-state index contributed by atoms with van der Waals surface area (Å²) in [6.07, 6.45) is 3.57. The van der Waals surface area contributed by atoms with E-state index >= 15 is 0 Å². The lowest BCUT2D eigenvalue weighted by atomic mass is 9.86. The number of nitrogens with one attached hydrogen (secondary N) is 1. The molecule has 16 heavy (non-hydrogen) atoms. The van der Waals surface area contributed by atoms with E-state index < -0.39 is 0 Å². The third-order valence-corrected chi connectivity index (χ3v) is 3.16. The first kappa shape index (κ1) is 14.0. The fourth-order valence-electron chi connectivity index (χ4n) is 2.23. The third-order valence-electron chi connectivity index (χ3n) is 3.16. The van der Waals surface area contributed by atoms with Crippen LogP contribution in [0.2, 0.25) is 6.82 Å². The van der Waals surface area contributed by atoms with Crippen LogP contribution >= 0.6 is 0 Å². The quantitative estimate of drug-likeness (QED) is 0.653. The number of hydrogen-bond donors (Lipinski definition) is 2. The maximum atomic E-state index is 9.31. The van der Waals surface area contributed by atoms with Crippen molar-refractivity contribution in [2.45, 2.75) is 32.1 Å². The Hall–Kier alpha value is -0.0951. The monoisotopic (exact) mass is 227 g/mol. The van der Waals surface area contributed by atoms with Gasteiger partial charge in [0.15, 0.2) is 0 Å². The maximum absolute atomic E-state index is 9.31. The molecule has 4 nitrogen and oxygen atoms in total. The van der Waals surface area contributed by atoms with E-state index in [1.807, 2.05) is 0 Å². The van der Waals surface area contributed by atoms with Crippen molar-refractivity contribution in [1.29, 1.82) is 0 Å². The minimum atomic E-state index is -0.377. The summed E-state index contributed by atoms with van der Waals surface area (Å²) in [6.45, 7) is 6.45. The van der Waals surface area contributed by atoms with Crippen molar-refractivity contribution in [2.24, 2.45) is 0 Å². The molecule has 0 amide bonds. The fraction of sp³-hybridized carbons (Fsp3) is 1.00. The molecule has 0 aromatic heterocycles. The van der Waals surface area contributed by atoms with Gasteiger partial charge in [0.1, 0.15) is 0 Å². The Balaban J connectivity index is 2.23. The highest BCUT2D eigenvalue weighted by atomic mass is 16.2. The molecule has 0 saturated carbocycles. The highest BCUT2D eigenvalue weighted by Gasteiger charge is 2.18. The smallest absolute Gasteiger partial charge is 0.373 e. The molecule has 0 spiro atoms. The Labute approximate surface area is 100 Å². The first-order chi connectivity index (χ1) is 7.58. The lowest BCUT2D eigenvalue weighted by Crippen LogP contribution is -2.40. The van der Waals surface area contributed by atoms with Crippen molar-refractivity contribution in [2.75, 3.05) is 40.3 Å². The molecular weight excluding hydrogens is 201 g/mol. The van der Waals surface area contributed by atoms with Gasteiger partial charge in [-0.3, -0.25) is 0 Å². The third kappa shape index (κ3) is 5.84. The number of likely N-dealkylation sites (tertiary alicyclic amines) is 1. The molecule has 0 radical (unpaired) electrons. The predicted octanol–water partition coefficient (Wildman–Crippen LogP) is 0.102. The van der Waals surface area contributed by atoms with Crippen LogP contribution in [-0.4, -0.2) is 68.2 Å². The van der Waals surface area contributed by atoms with E-state index in [0.29, 0.717) is 6.04 Å². The molecule has 1 aliphatic heterocycles. The Morgan fingerprint density at radius 2 is 2.12 bits per heavy atom. The zero-order valence-electron chi connectivity index (χ0n) is 10.9. The summed E-state index contributed by atoms with van der Waals surface area (Å²) >= 11 is 0. The molecule has 0 bridgehead atoms. The molecule has 1 fully saturated rings. The summed E-state index contributed by atoms with van der Waals surface area (Å²) < 4.78 is 0. The molecule has 0 aliphatic carbocycles. The molecule has 1 atom stereocenters. The Kier molecular flexibility index (Phi) is 6.35. The van der Waals surface area contributed by atoms with Gasteiger partial charge in [-0.25, -0.2) is 0 Å². The van der Waals surface area contributed by atoms with Crippen LogP contribution < -0.4 is 5.23 Å². The summed E-state index contributed by atoms with van der Waals surface area (Å²) in [5.41, 5.74) is 0. The SMILES string of the molecule is CB(O)N[C@H]1CCCN(CCN(C)C)CC1. The number of hydrogen-bond acceptors (Lipinski definition) is 4. The second kappa shape index (κ2) is 7.27. The largest absolute Gasteiger partial charge is 0.437 e. The molecule has 1 aliphatic rings. The van der Waals surface area contributed by atoms with E-state index in [2.05, 4.69) is 29.1 Å². The summed E-state index contributed by atoms with van der Waals surface area (Å²) in [6, 6.07) is 0.490. The van der Waals surface area contributed by atoms with Gasteiger partial charge in [0.25, 0.3) is 0 Å². The Bertz CT molecular complexity index is 190. The van der Waals surface area contributed by atoms with Crippen LogP contribution in [0.3, 0.4) is 0 Å². The zero-order chi connectivity index (χ0) is 12.0. The highest BCUT2D eigenvalue weighted by Crippen LogP contribution is 2.10. The van der Waals surface area contributed by atoms with Crippen LogP contribution in [0.1, 0.15) is 19.3 Å². The number of nitrogens with zero attached hydrogens (tertiary/aromatic N) is 2. The average molecular weight is 227 g/mol. The van der Waals surface area contributed by atoms with Crippen LogP contribution in [0.4, 0.5) is 0 Å². The molecule has 1 heterocycles. The molecule has 0 aromatic carbocycles. The van der Waals surface area contributed by atoms with Crippen LogP contribution in [0.25, 0.3) is 0 Å². The van der Waals surface area contributed by atoms with Gasteiger partial charge in [0.2, 0.25) is 0 Å². The molecule has 2 N–H and O–H groups in total. The molecular formula is C11H26BN3O. The number of likely N-dealkylation sites (N-methyl/N-ethyl adjacent to an activating group) is 1. The standard InChI is InChI=1S/C11H26BN3O/c1-12(16)13-11-5-4-7-15(8-6-11)10-9-14(2)3/h11,13,16H,4-10H2,1-3H3/t11-/m0/s1. The average Bonchev–Trinajstić information content (AvgIpc) is 2.39. The predicted molar refractivity (Wildman–Crippen MR) is 69.6 cm³/mol. The zero-order valence-corrected chi connectivity index (χ0v) is 10.9. The van der Waals surface area contributed by atoms with Crippen molar-refractivity contribution >= 4 is 7.05 Å². The van der Waals surface area contributed by atoms with Crippen molar-refractivity contribution < 1.29 is 5.02 Å². The van der Waals surface area contributed by atoms with Crippen molar-refractivity contribution in [3.8, 4) is 0 Å². The van der Waals surface area contributed by atoms with Gasteiger partial charge in [-0.2, -0.15) is 0 Å². The van der Waals surface area contributed by atoms with Gasteiger partial charge in [0.05, 0.1) is 0 Å². The Morgan fingerprint density at radius 3 is 2.75 bits per heavy atom. The van der Waals surface area contributed by atoms with Crippen LogP contribution in [0.15, 0.2) is 0 Å². The van der Waals surface area contributed by atoms with E-state index in [1.165, 1.54) is 19.4 Å². The summed E-state index contributed by atoms with van der Waals surface area (Å²) in [4.78, 5) is 4.76. The second-order valence-electron chi connectivity index (χ2n) is 5.12. The Morgan fingerprint density at radius 1 is 1.38 bits per heavy atom. The second-order valence-corrected chi connectivity index (χ2v) is 5.12. The van der Waals surface area contributed by atoms with E-state index in [9.17, 15) is 5.02 Å². The van der Waals surface area contributed by atoms with Gasteiger partial charge >= 0.3 is 7.05 Å². The summed E-state index contributed by atoms with van der Waals surface area (Å²) in [7, 11) is 3.86. The van der Waals surface area contributed by atoms with Gasteiger partial charge in [-0.15, -0.1) is 0 Å². The first-order valence-electron chi connectivity index (χ1n) is 6.39. The lowest BCUT2D eigenvalue weighted by molar-refractivity contribution is 0.247. The fourth-order valence-corrected chi connectivity index (χ4v) is 2.23. The molecule has 0 unspecified atom stereocenters. The van der Waals surface area contributed by atoms with Gasteiger partial charge in [-0.1, -0.05) is 0 Å². The first-order valence-corrected chi connectivity index (χ1v) is 6.39. The molecule has 1 saturated heterocycles. The summed E-state index contributed by atoms with van der Waals surface area (Å²) in [5.74, 6) is 0. The van der Waals surface area contributed by atoms with Crippen LogP contribution in [0.5, 0.6) is 0 Å². The van der Waals surface area contributed by atoms with Gasteiger partial charge in [-0.05, 0) is 59.3 Å². The molecule has 5 heteroatoms. The molecule has 0 aromatic rings. The summed E-state index contributed by atoms with van der Waals surface area (Å²) in [5, 5.41) is 12.5. The number of rotatable bonds is 5. The minimum absolute atomic E-state index is 0.377. The van der Waals surface area contributed by atoms with E-state index in [1.54, 1.807) is 6.82 Å². The van der Waals surface area contributed by atoms with E-state index in [-0.39, 0.29) is 7.05 Å². The van der Waals surface area contributed by atoms with E-state index in [4.69, 9.17) is 0 Å². The maximum Gasteiger partial charge on any atom is 0.373 e. The highest BCUT2D eigenvalue weighted by molar-refractivity contribution is 6.45. The van der Waals surface area contributed by atoms with Crippen molar-refractivity contribution in [3.05, 3.63) is 0 Å².